The van der Waals surface area contributed by atoms with E-state index >= 15 is 0 Å². The highest BCUT2D eigenvalue weighted by atomic mass is 15.1. The molecule has 0 spiro atoms. The van der Waals surface area contributed by atoms with E-state index in [1.807, 2.05) is 0 Å². The van der Waals surface area contributed by atoms with Crippen LogP contribution < -0.4 is 9.80 Å². The molecule has 0 heterocycles. The summed E-state index contributed by atoms with van der Waals surface area (Å²) < 4.78 is 0. The van der Waals surface area contributed by atoms with Gasteiger partial charge in [-0.2, -0.15) is 0 Å². The Morgan fingerprint density at radius 2 is 0.469 bits per heavy atom. The molecular weight excluding hydrogens is 773 g/mol. The van der Waals surface area contributed by atoms with E-state index in [0.717, 1.165) is 34.1 Å². The molecule has 0 saturated heterocycles. The molecule has 13 aromatic rings. The van der Waals surface area contributed by atoms with Crippen LogP contribution in [0.2, 0.25) is 0 Å². The van der Waals surface area contributed by atoms with Crippen molar-refractivity contribution in [3.8, 4) is 0 Å². The van der Waals surface area contributed by atoms with E-state index in [4.69, 9.17) is 0 Å². The first-order chi connectivity index (χ1) is 31.8. The SMILES string of the molecule is c1ccc(N(c2ccc3c(c2)c2ccccc2c2cc4c5ccc(N(c6ccccc6)c6cccc7ccccc67)cc5c5ccccc5c4cc32)c2cccc3ccccc23)cc1. The van der Waals surface area contributed by atoms with Crippen LogP contribution in [0.25, 0.3) is 86.2 Å². The quantitative estimate of drug-likeness (QED) is 0.122. The van der Waals surface area contributed by atoms with Crippen LogP contribution in [0.4, 0.5) is 34.1 Å². The fourth-order valence-electron chi connectivity index (χ4n) is 10.5. The zero-order chi connectivity index (χ0) is 42.1. The van der Waals surface area contributed by atoms with E-state index in [-0.39, 0.29) is 0 Å². The van der Waals surface area contributed by atoms with Gasteiger partial charge in [0.2, 0.25) is 0 Å². The van der Waals surface area contributed by atoms with E-state index in [1.165, 1.54) is 86.2 Å². The van der Waals surface area contributed by atoms with Crippen molar-refractivity contribution in [2.24, 2.45) is 0 Å². The molecule has 13 rings (SSSR count). The summed E-state index contributed by atoms with van der Waals surface area (Å²) in [4.78, 5) is 4.82. The Kier molecular flexibility index (Phi) is 8.25. The van der Waals surface area contributed by atoms with E-state index < -0.39 is 0 Å². The van der Waals surface area contributed by atoms with E-state index in [2.05, 4.69) is 252 Å². The molecule has 0 amide bonds. The lowest BCUT2D eigenvalue weighted by Crippen LogP contribution is -2.10. The molecule has 0 N–H and O–H groups in total. The average Bonchev–Trinajstić information content (AvgIpc) is 3.37. The molecule has 0 radical (unpaired) electrons. The molecule has 0 aromatic heterocycles. The lowest BCUT2D eigenvalue weighted by atomic mass is 9.88. The number of rotatable bonds is 6. The Hall–Kier alpha value is -8.46. The fraction of sp³-hybridized carbons (Fsp3) is 0. The molecule has 13 aromatic carbocycles. The van der Waals surface area contributed by atoms with E-state index in [1.54, 1.807) is 0 Å². The summed E-state index contributed by atoms with van der Waals surface area (Å²) in [6.45, 7) is 0. The average molecular weight is 813 g/mol. The lowest BCUT2D eigenvalue weighted by molar-refractivity contribution is 1.30. The van der Waals surface area contributed by atoms with Gasteiger partial charge in [0.05, 0.1) is 11.4 Å². The predicted molar refractivity (Wildman–Crippen MR) is 276 cm³/mol. The van der Waals surface area contributed by atoms with Crippen LogP contribution in [0.1, 0.15) is 0 Å². The Bertz CT molecular complexity index is 3700. The summed E-state index contributed by atoms with van der Waals surface area (Å²) in [5.74, 6) is 0. The minimum Gasteiger partial charge on any atom is -0.310 e. The summed E-state index contributed by atoms with van der Waals surface area (Å²) in [6, 6.07) is 89.1. The highest BCUT2D eigenvalue weighted by Crippen LogP contribution is 2.47. The molecule has 0 bridgehead atoms. The Morgan fingerprint density at radius 1 is 0.172 bits per heavy atom. The van der Waals surface area contributed by atoms with Crippen LogP contribution in [0.15, 0.2) is 243 Å². The number of fused-ring (bicyclic) bond motifs is 14. The molecule has 64 heavy (non-hydrogen) atoms. The third-order valence-electron chi connectivity index (χ3n) is 13.3. The third kappa shape index (κ3) is 5.66. The van der Waals surface area contributed by atoms with E-state index in [9.17, 15) is 0 Å². The van der Waals surface area contributed by atoms with Crippen LogP contribution in [0.3, 0.4) is 0 Å². The van der Waals surface area contributed by atoms with Crippen molar-refractivity contribution < 1.29 is 0 Å². The molecule has 2 heteroatoms. The minimum atomic E-state index is 1.12. The summed E-state index contributed by atoms with van der Waals surface area (Å²) in [6.07, 6.45) is 0. The van der Waals surface area contributed by atoms with Crippen LogP contribution in [-0.2, 0) is 0 Å². The Labute approximate surface area is 371 Å². The van der Waals surface area contributed by atoms with Gasteiger partial charge in [0, 0.05) is 33.5 Å². The zero-order valence-electron chi connectivity index (χ0n) is 35.0. The second-order valence-electron chi connectivity index (χ2n) is 16.8. The molecular formula is C62H40N2. The van der Waals surface area contributed by atoms with Crippen molar-refractivity contribution in [1.29, 1.82) is 0 Å². The smallest absolute Gasteiger partial charge is 0.0540 e. The largest absolute Gasteiger partial charge is 0.310 e. The van der Waals surface area contributed by atoms with Crippen molar-refractivity contribution in [2.75, 3.05) is 9.80 Å². The van der Waals surface area contributed by atoms with Crippen molar-refractivity contribution in [3.63, 3.8) is 0 Å². The molecule has 0 atom stereocenters. The van der Waals surface area contributed by atoms with Gasteiger partial charge in [0.1, 0.15) is 0 Å². The standard InChI is InChI=1S/C62H40N2/c1-3-21-43(22-4-1)63(61-31-15-19-41-17-7-9-25-47(41)61)45-33-35-53-55(37-45)49-27-11-13-29-51(49)57-40-60-54-36-34-46(38-56(54)50-28-12-14-30-52(50)58(60)39-59(53)57)64(44-23-5-2-6-24-44)62-32-16-20-42-18-8-10-26-48(42)62/h1-40H. The molecule has 2 nitrogen and oxygen atoms in total. The number of hydrogen-bond acceptors (Lipinski definition) is 2. The molecule has 0 aliphatic heterocycles. The van der Waals surface area contributed by atoms with Gasteiger partial charge in [-0.3, -0.25) is 0 Å². The van der Waals surface area contributed by atoms with Gasteiger partial charge in [-0.05, 0) is 148 Å². The first-order valence-corrected chi connectivity index (χ1v) is 22.1. The summed E-state index contributed by atoms with van der Waals surface area (Å²) in [5.41, 5.74) is 6.82. The topological polar surface area (TPSA) is 6.48 Å². The van der Waals surface area contributed by atoms with Crippen molar-refractivity contribution in [3.05, 3.63) is 243 Å². The maximum absolute atomic E-state index is 2.47. The van der Waals surface area contributed by atoms with Gasteiger partial charge in [0.15, 0.2) is 0 Å². The number of para-hydroxylation sites is 2. The number of anilines is 6. The van der Waals surface area contributed by atoms with Gasteiger partial charge in [-0.15, -0.1) is 0 Å². The van der Waals surface area contributed by atoms with Gasteiger partial charge in [-0.25, -0.2) is 0 Å². The Balaban J connectivity index is 1.06. The van der Waals surface area contributed by atoms with Gasteiger partial charge in [-0.1, -0.05) is 170 Å². The first-order valence-electron chi connectivity index (χ1n) is 22.1. The minimum absolute atomic E-state index is 1.12. The van der Waals surface area contributed by atoms with Crippen LogP contribution in [0, 0.1) is 0 Å². The number of nitrogens with zero attached hydrogens (tertiary/aromatic N) is 2. The first kappa shape index (κ1) is 36.2. The lowest BCUT2D eigenvalue weighted by Gasteiger charge is -2.27. The maximum atomic E-state index is 2.47. The normalized spacial score (nSPS) is 11.8. The van der Waals surface area contributed by atoms with Gasteiger partial charge >= 0.3 is 0 Å². The number of benzene rings is 13. The van der Waals surface area contributed by atoms with Gasteiger partial charge < -0.3 is 9.80 Å². The fourth-order valence-corrected chi connectivity index (χ4v) is 10.5. The second-order valence-corrected chi connectivity index (χ2v) is 16.8. The molecule has 0 aliphatic carbocycles. The molecule has 0 saturated carbocycles. The summed E-state index contributed by atoms with van der Waals surface area (Å²) >= 11 is 0. The molecule has 298 valence electrons. The van der Waals surface area contributed by atoms with Crippen LogP contribution in [0.5, 0.6) is 0 Å². The summed E-state index contributed by atoms with van der Waals surface area (Å²) in [5, 5.41) is 19.9. The number of hydrogen-bond donors (Lipinski definition) is 0. The van der Waals surface area contributed by atoms with Crippen molar-refractivity contribution in [1.82, 2.24) is 0 Å². The molecule has 0 aliphatic rings. The molecule has 0 unspecified atom stereocenters. The zero-order valence-corrected chi connectivity index (χ0v) is 35.0. The Morgan fingerprint density at radius 3 is 0.859 bits per heavy atom. The van der Waals surface area contributed by atoms with Crippen molar-refractivity contribution in [2.45, 2.75) is 0 Å². The van der Waals surface area contributed by atoms with Crippen molar-refractivity contribution >= 4 is 120 Å². The maximum Gasteiger partial charge on any atom is 0.0540 e. The van der Waals surface area contributed by atoms with Crippen LogP contribution >= 0.6 is 0 Å². The second kappa shape index (κ2) is 14.6. The molecule has 0 fully saturated rings. The third-order valence-corrected chi connectivity index (χ3v) is 13.3. The highest BCUT2D eigenvalue weighted by molar-refractivity contribution is 6.33. The summed E-state index contributed by atoms with van der Waals surface area (Å²) in [7, 11) is 0. The highest BCUT2D eigenvalue weighted by Gasteiger charge is 2.21. The van der Waals surface area contributed by atoms with Gasteiger partial charge in [0.25, 0.3) is 0 Å². The van der Waals surface area contributed by atoms with Crippen LogP contribution in [-0.4, -0.2) is 0 Å². The monoisotopic (exact) mass is 812 g/mol. The van der Waals surface area contributed by atoms with E-state index in [0.29, 0.717) is 0 Å². The predicted octanol–water partition coefficient (Wildman–Crippen LogP) is 17.9.